The first kappa shape index (κ1) is 68.2. The molecule has 12 nitrogen and oxygen atoms in total. The van der Waals surface area contributed by atoms with Crippen LogP contribution in [0.15, 0.2) is 279 Å². The first-order valence-corrected chi connectivity index (χ1v) is 37.0. The number of rotatable bonds is 25. The highest BCUT2D eigenvalue weighted by molar-refractivity contribution is 6.27. The van der Waals surface area contributed by atoms with Crippen LogP contribution in [0.3, 0.4) is 0 Å². The van der Waals surface area contributed by atoms with Gasteiger partial charge in [-0.3, -0.25) is 9.59 Å². The lowest BCUT2D eigenvalue weighted by molar-refractivity contribution is -0.135. The summed E-state index contributed by atoms with van der Waals surface area (Å²) in [5, 5.41) is 19.3. The molecule has 0 N–H and O–H groups in total. The number of benzene rings is 18. The SMILES string of the molecule is COc1c(OCc2ccccc2)cc2ccccc2c1-c1c(OC)c(OC(=O)CCCOc2ccc3ccc4cccc5ccc2c3c45)c(-c2c(OC(=O)CCCOc3ccc4ccc5cccc6ccc3c4c56)c(OC)c(-c3c(OC)c(OCc4ccccc4)cc4ccccc34)c3ccccc23)c2ccccc12. The monoisotopic (exact) mass is 1440 g/mol. The van der Waals surface area contributed by atoms with Crippen molar-refractivity contribution < 1.29 is 57.0 Å². The summed E-state index contributed by atoms with van der Waals surface area (Å²) in [6.07, 6.45) is 0.388. The number of ether oxygens (including phenoxy) is 10. The molecule has 0 unspecified atom stereocenters. The molecule has 18 rings (SSSR count). The Labute approximate surface area is 634 Å². The van der Waals surface area contributed by atoms with Gasteiger partial charge < -0.3 is 47.4 Å². The van der Waals surface area contributed by atoms with Crippen molar-refractivity contribution in [2.45, 2.75) is 38.9 Å². The number of methoxy groups -OCH3 is 4. The number of hydrogen-bond acceptors (Lipinski definition) is 12. The third-order valence-corrected chi connectivity index (χ3v) is 21.2. The zero-order valence-corrected chi connectivity index (χ0v) is 61.1. The maximum absolute atomic E-state index is 15.7. The van der Waals surface area contributed by atoms with Crippen molar-refractivity contribution in [2.24, 2.45) is 0 Å². The maximum atomic E-state index is 15.7. The molecule has 0 fully saturated rings. The fourth-order valence-corrected chi connectivity index (χ4v) is 16.3. The Morgan fingerprint density at radius 2 is 0.545 bits per heavy atom. The minimum atomic E-state index is -0.582. The summed E-state index contributed by atoms with van der Waals surface area (Å²) in [7, 11) is 6.39. The Bertz CT molecular complexity index is 6160. The summed E-state index contributed by atoms with van der Waals surface area (Å²) >= 11 is 0. The smallest absolute Gasteiger partial charge is 0.311 e. The third kappa shape index (κ3) is 12.2. The normalized spacial score (nSPS) is 11.6. The van der Waals surface area contributed by atoms with Gasteiger partial charge in [0, 0.05) is 67.8 Å². The molecule has 12 heteroatoms. The molecule has 0 amide bonds. The summed E-state index contributed by atoms with van der Waals surface area (Å²) in [5.41, 5.74) is 5.00. The van der Waals surface area contributed by atoms with Crippen LogP contribution in [0, 0.1) is 0 Å². The van der Waals surface area contributed by atoms with Gasteiger partial charge in [0.2, 0.25) is 0 Å². The number of hydrogen-bond donors (Lipinski definition) is 0. The van der Waals surface area contributed by atoms with Gasteiger partial charge in [0.05, 0.1) is 41.7 Å². The molecule has 0 radical (unpaired) electrons. The average Bonchev–Trinajstić information content (AvgIpc) is 0.704. The lowest BCUT2D eigenvalue weighted by Crippen LogP contribution is -2.14. The van der Waals surface area contributed by atoms with Gasteiger partial charge in [-0.05, 0) is 147 Å². The largest absolute Gasteiger partial charge is 0.493 e. The number of fused-ring (bicyclic) bond motifs is 4. The standard InChI is InChI=1S/C98H74O12/c1-101-93-79(107-57-59-23-7-5-8-24-59)55-67-27-11-13-33-69(67)87(93)89-71-35-15-17-37-73(71)91(97(95(89)103-3)109-81(99)39-21-53-105-77-51-47-65-43-41-61-29-19-31-63-45-49-75(77)85(65)83(61)63)92-74-38-18-16-36-72(74)90(88-70-34-14-12-28-68(70)56-80(94(88)102-2)108-58-60-25-9-6-10-26-60)96(104-4)98(92)110-82(100)40-22-54-106-78-52-48-66-44-42-62-30-20-32-64-46-50-76(78)86(66)84(62)64/h5-20,23-38,41-52,55-56H,21-22,39-40,53-54,57-58H2,1-4H3. The van der Waals surface area contributed by atoms with Crippen molar-refractivity contribution in [3.8, 4) is 90.9 Å². The number of esters is 2. The predicted octanol–water partition coefficient (Wildman–Crippen LogP) is 23.8. The molecule has 0 saturated carbocycles. The van der Waals surface area contributed by atoms with Crippen molar-refractivity contribution in [3.63, 3.8) is 0 Å². The van der Waals surface area contributed by atoms with Gasteiger partial charge in [-0.1, -0.05) is 243 Å². The Hall–Kier alpha value is -13.6. The molecule has 18 aromatic rings. The lowest BCUT2D eigenvalue weighted by Gasteiger charge is -2.27. The second-order valence-corrected chi connectivity index (χ2v) is 27.6. The van der Waals surface area contributed by atoms with Gasteiger partial charge in [0.15, 0.2) is 46.0 Å². The van der Waals surface area contributed by atoms with Crippen LogP contribution in [0.4, 0.5) is 0 Å². The lowest BCUT2D eigenvalue weighted by atomic mass is 9.83. The zero-order valence-electron chi connectivity index (χ0n) is 61.1. The summed E-state index contributed by atoms with van der Waals surface area (Å²) in [6.45, 7) is 0.855. The van der Waals surface area contributed by atoms with E-state index < -0.39 is 11.9 Å². The minimum Gasteiger partial charge on any atom is -0.493 e. The highest BCUT2D eigenvalue weighted by Gasteiger charge is 2.36. The summed E-state index contributed by atoms with van der Waals surface area (Å²) in [4.78, 5) is 31.3. The second-order valence-electron chi connectivity index (χ2n) is 27.6. The molecule has 0 aromatic heterocycles. The molecule has 0 aliphatic carbocycles. The Morgan fingerprint density at radius 3 is 0.918 bits per heavy atom. The van der Waals surface area contributed by atoms with Gasteiger partial charge in [-0.25, -0.2) is 0 Å². The fourth-order valence-electron chi connectivity index (χ4n) is 16.3. The Kier molecular flexibility index (Phi) is 18.2. The number of carbonyl (C=O) groups is 2. The van der Waals surface area contributed by atoms with E-state index in [-0.39, 0.29) is 75.1 Å². The molecular formula is C98H74O12. The average molecular weight is 1440 g/mol. The Morgan fingerprint density at radius 1 is 0.245 bits per heavy atom. The molecular weight excluding hydrogens is 1370 g/mol. The topological polar surface area (TPSA) is 126 Å². The summed E-state index contributed by atoms with van der Waals surface area (Å²) in [5.74, 6) is 2.50. The first-order valence-electron chi connectivity index (χ1n) is 37.0. The van der Waals surface area contributed by atoms with E-state index in [2.05, 4.69) is 97.1 Å². The van der Waals surface area contributed by atoms with Crippen molar-refractivity contribution in [1.29, 1.82) is 0 Å². The van der Waals surface area contributed by atoms with Gasteiger partial charge in [0.25, 0.3) is 0 Å². The van der Waals surface area contributed by atoms with Crippen molar-refractivity contribution in [1.82, 2.24) is 0 Å². The highest BCUT2D eigenvalue weighted by Crippen LogP contribution is 2.62. The second kappa shape index (κ2) is 29.3. The van der Waals surface area contributed by atoms with Crippen LogP contribution < -0.4 is 47.4 Å². The van der Waals surface area contributed by atoms with Crippen molar-refractivity contribution in [2.75, 3.05) is 41.7 Å². The van der Waals surface area contributed by atoms with E-state index in [0.717, 1.165) is 86.5 Å². The Balaban J connectivity index is 0.821. The molecule has 0 aliphatic rings. The van der Waals surface area contributed by atoms with Crippen LogP contribution in [0.5, 0.6) is 57.5 Å². The third-order valence-electron chi connectivity index (χ3n) is 21.2. The molecule has 0 spiro atoms. The van der Waals surface area contributed by atoms with Crippen LogP contribution in [0.1, 0.15) is 36.8 Å². The molecule has 0 atom stereocenters. The fraction of sp³-hybridized carbons (Fsp3) is 0.122. The van der Waals surface area contributed by atoms with Crippen LogP contribution in [-0.4, -0.2) is 53.6 Å². The molecule has 538 valence electrons. The molecule has 0 heterocycles. The van der Waals surface area contributed by atoms with Crippen LogP contribution >= 0.6 is 0 Å². The van der Waals surface area contributed by atoms with E-state index in [4.69, 9.17) is 47.4 Å². The summed E-state index contributed by atoms with van der Waals surface area (Å²) in [6, 6.07) is 93.7. The molecule has 0 bridgehead atoms. The zero-order chi connectivity index (χ0) is 74.3. The van der Waals surface area contributed by atoms with E-state index in [1.807, 2.05) is 182 Å². The van der Waals surface area contributed by atoms with E-state index in [9.17, 15) is 0 Å². The van der Waals surface area contributed by atoms with Gasteiger partial charge in [0.1, 0.15) is 24.7 Å². The van der Waals surface area contributed by atoms with E-state index >= 15 is 9.59 Å². The molecule has 18 aromatic carbocycles. The quantitative estimate of drug-likeness (QED) is 0.0234. The first-order chi connectivity index (χ1) is 54.2. The van der Waals surface area contributed by atoms with Crippen molar-refractivity contribution >= 4 is 120 Å². The van der Waals surface area contributed by atoms with E-state index in [0.29, 0.717) is 89.4 Å². The number of carbonyl (C=O) groups excluding carboxylic acids is 2. The predicted molar refractivity (Wildman–Crippen MR) is 442 cm³/mol. The van der Waals surface area contributed by atoms with E-state index in [1.165, 1.54) is 10.8 Å². The maximum Gasteiger partial charge on any atom is 0.311 e. The van der Waals surface area contributed by atoms with Crippen LogP contribution in [-0.2, 0) is 22.8 Å². The molecule has 0 aliphatic heterocycles. The van der Waals surface area contributed by atoms with Crippen LogP contribution in [0.2, 0.25) is 0 Å². The van der Waals surface area contributed by atoms with E-state index in [1.54, 1.807) is 28.4 Å². The van der Waals surface area contributed by atoms with Gasteiger partial charge >= 0.3 is 11.9 Å². The molecule has 0 saturated heterocycles. The highest BCUT2D eigenvalue weighted by atomic mass is 16.6. The van der Waals surface area contributed by atoms with Crippen LogP contribution in [0.25, 0.3) is 141 Å². The minimum absolute atomic E-state index is 0.0407. The molecule has 110 heavy (non-hydrogen) atoms. The van der Waals surface area contributed by atoms with Gasteiger partial charge in [-0.2, -0.15) is 0 Å². The van der Waals surface area contributed by atoms with Crippen molar-refractivity contribution in [3.05, 3.63) is 290 Å². The van der Waals surface area contributed by atoms with Gasteiger partial charge in [-0.15, -0.1) is 0 Å². The summed E-state index contributed by atoms with van der Waals surface area (Å²) < 4.78 is 68.2.